The Balaban J connectivity index is 1.46. The molecule has 0 saturated carbocycles. The number of imide groups is 1. The van der Waals surface area contributed by atoms with Crippen molar-refractivity contribution in [2.24, 2.45) is 0 Å². The molecule has 35 heavy (non-hydrogen) atoms. The number of rotatable bonds is 8. The van der Waals surface area contributed by atoms with Crippen molar-refractivity contribution in [1.29, 1.82) is 0 Å². The fourth-order valence-corrected chi connectivity index (χ4v) is 3.64. The zero-order valence-electron chi connectivity index (χ0n) is 19.2. The number of urea groups is 1. The van der Waals surface area contributed by atoms with Crippen molar-refractivity contribution in [1.82, 2.24) is 10.2 Å². The Labute approximate surface area is 201 Å². The van der Waals surface area contributed by atoms with Crippen LogP contribution in [0.5, 0.6) is 11.5 Å². The van der Waals surface area contributed by atoms with E-state index in [2.05, 4.69) is 5.32 Å². The lowest BCUT2D eigenvalue weighted by Crippen LogP contribution is -2.30. The number of benzene rings is 3. The first-order chi connectivity index (χ1) is 16.8. The van der Waals surface area contributed by atoms with Crippen LogP contribution < -0.4 is 14.8 Å². The quantitative estimate of drug-likeness (QED) is 0.222. The molecule has 1 saturated heterocycles. The van der Waals surface area contributed by atoms with Crippen molar-refractivity contribution in [3.8, 4) is 11.5 Å². The second-order valence-electron chi connectivity index (χ2n) is 7.99. The maximum absolute atomic E-state index is 12.8. The first-order valence-electron chi connectivity index (χ1n) is 10.8. The predicted molar refractivity (Wildman–Crippen MR) is 129 cm³/mol. The lowest BCUT2D eigenvalue weighted by Gasteiger charge is -2.12. The maximum Gasteiger partial charge on any atom is 0.329 e. The number of nitrogens with one attached hydrogen (secondary N) is 1. The molecule has 4 rings (SSSR count). The molecule has 1 heterocycles. The number of methoxy groups -OCH3 is 1. The molecule has 3 aromatic carbocycles. The summed E-state index contributed by atoms with van der Waals surface area (Å²) in [5.41, 5.74) is 3.50. The molecule has 3 amide bonds. The van der Waals surface area contributed by atoms with Gasteiger partial charge in [-0.2, -0.15) is 0 Å². The molecule has 9 nitrogen and oxygen atoms in total. The first kappa shape index (κ1) is 23.5. The van der Waals surface area contributed by atoms with Gasteiger partial charge in [0.25, 0.3) is 11.6 Å². The topological polar surface area (TPSA) is 111 Å². The van der Waals surface area contributed by atoms with Crippen LogP contribution in [-0.2, 0) is 17.9 Å². The van der Waals surface area contributed by atoms with Crippen LogP contribution >= 0.6 is 0 Å². The number of hydrogen-bond donors (Lipinski definition) is 1. The third-order valence-corrected chi connectivity index (χ3v) is 5.43. The van der Waals surface area contributed by atoms with Crippen molar-refractivity contribution in [2.75, 3.05) is 7.11 Å². The molecule has 0 aliphatic carbocycles. The van der Waals surface area contributed by atoms with Gasteiger partial charge in [0.1, 0.15) is 12.3 Å². The molecule has 1 aliphatic rings. The fourth-order valence-electron chi connectivity index (χ4n) is 3.64. The van der Waals surface area contributed by atoms with Crippen LogP contribution in [0.4, 0.5) is 10.5 Å². The molecule has 1 aliphatic heterocycles. The van der Waals surface area contributed by atoms with E-state index in [1.807, 2.05) is 31.2 Å². The minimum atomic E-state index is -0.474. The molecule has 0 radical (unpaired) electrons. The monoisotopic (exact) mass is 473 g/mol. The Morgan fingerprint density at radius 3 is 2.46 bits per heavy atom. The largest absolute Gasteiger partial charge is 0.493 e. The van der Waals surface area contributed by atoms with E-state index in [0.29, 0.717) is 17.1 Å². The summed E-state index contributed by atoms with van der Waals surface area (Å²) in [5.74, 6) is 0.500. The second kappa shape index (κ2) is 10.1. The van der Waals surface area contributed by atoms with Gasteiger partial charge >= 0.3 is 6.03 Å². The summed E-state index contributed by atoms with van der Waals surface area (Å²) in [6, 6.07) is 18.4. The third-order valence-electron chi connectivity index (χ3n) is 5.43. The zero-order valence-corrected chi connectivity index (χ0v) is 19.2. The summed E-state index contributed by atoms with van der Waals surface area (Å²) in [7, 11) is 1.50. The van der Waals surface area contributed by atoms with Crippen LogP contribution in [0.2, 0.25) is 0 Å². The fraction of sp³-hybridized carbons (Fsp3) is 0.154. The number of nitro groups is 1. The van der Waals surface area contributed by atoms with Gasteiger partial charge in [-0.05, 0) is 54.0 Å². The van der Waals surface area contributed by atoms with Gasteiger partial charge in [0.05, 0.1) is 18.6 Å². The lowest BCUT2D eigenvalue weighted by atomic mass is 10.1. The van der Waals surface area contributed by atoms with Gasteiger partial charge in [0.15, 0.2) is 11.5 Å². The van der Waals surface area contributed by atoms with E-state index < -0.39 is 16.9 Å². The summed E-state index contributed by atoms with van der Waals surface area (Å²) in [5, 5.41) is 13.4. The zero-order chi connectivity index (χ0) is 24.9. The highest BCUT2D eigenvalue weighted by Gasteiger charge is 2.33. The lowest BCUT2D eigenvalue weighted by molar-refractivity contribution is -0.384. The number of nitrogens with zero attached hydrogens (tertiary/aromatic N) is 2. The minimum Gasteiger partial charge on any atom is -0.493 e. The van der Waals surface area contributed by atoms with Crippen molar-refractivity contribution >= 4 is 23.7 Å². The van der Waals surface area contributed by atoms with Gasteiger partial charge in [-0.3, -0.25) is 19.8 Å². The number of amides is 3. The summed E-state index contributed by atoms with van der Waals surface area (Å²) >= 11 is 0. The third kappa shape index (κ3) is 5.47. The summed E-state index contributed by atoms with van der Waals surface area (Å²) in [4.78, 5) is 36.7. The molecule has 0 unspecified atom stereocenters. The molecule has 0 aromatic heterocycles. The Morgan fingerprint density at radius 2 is 1.77 bits per heavy atom. The normalized spacial score (nSPS) is 14.2. The number of carbonyl (C=O) groups excluding carboxylic acids is 2. The van der Waals surface area contributed by atoms with Gasteiger partial charge in [-0.15, -0.1) is 0 Å². The van der Waals surface area contributed by atoms with E-state index in [9.17, 15) is 19.7 Å². The molecule has 3 aromatic rings. The van der Waals surface area contributed by atoms with Crippen LogP contribution in [0.3, 0.4) is 0 Å². The van der Waals surface area contributed by atoms with Crippen molar-refractivity contribution < 1.29 is 24.0 Å². The number of nitro benzene ring substituents is 1. The Bertz CT molecular complexity index is 1320. The highest BCUT2D eigenvalue weighted by atomic mass is 16.6. The Morgan fingerprint density at radius 1 is 1.00 bits per heavy atom. The minimum absolute atomic E-state index is 0.00900. The van der Waals surface area contributed by atoms with E-state index in [4.69, 9.17) is 9.47 Å². The van der Waals surface area contributed by atoms with E-state index >= 15 is 0 Å². The SMILES string of the molecule is COc1cc(/C=C2/NC(=O)N(Cc3cccc(C)c3)C2=O)ccc1OCc1ccc([N+](=O)[O-])cc1. The molecule has 0 atom stereocenters. The first-order valence-corrected chi connectivity index (χ1v) is 10.8. The van der Waals surface area contributed by atoms with Crippen molar-refractivity contribution in [3.63, 3.8) is 0 Å². The van der Waals surface area contributed by atoms with Gasteiger partial charge < -0.3 is 14.8 Å². The summed E-state index contributed by atoms with van der Waals surface area (Å²) < 4.78 is 11.2. The molecule has 178 valence electrons. The summed E-state index contributed by atoms with van der Waals surface area (Å²) in [6.45, 7) is 2.33. The van der Waals surface area contributed by atoms with Crippen LogP contribution in [0.25, 0.3) is 6.08 Å². The number of aryl methyl sites for hydroxylation is 1. The molecule has 1 N–H and O–H groups in total. The standard InChI is InChI=1S/C26H23N3O6/c1-17-4-3-5-20(12-17)15-28-25(30)22(27-26(28)31)13-19-8-11-23(24(14-19)34-2)35-16-18-6-9-21(10-7-18)29(32)33/h3-14H,15-16H2,1-2H3,(H,27,31)/b22-13+. The van der Waals surface area contributed by atoms with Gasteiger partial charge in [-0.25, -0.2) is 4.79 Å². The molecule has 1 fully saturated rings. The van der Waals surface area contributed by atoms with Crippen LogP contribution in [0, 0.1) is 17.0 Å². The average molecular weight is 473 g/mol. The molecular formula is C26H23N3O6. The highest BCUT2D eigenvalue weighted by molar-refractivity contribution is 6.13. The van der Waals surface area contributed by atoms with Crippen molar-refractivity contribution in [2.45, 2.75) is 20.1 Å². The average Bonchev–Trinajstić information content (AvgIpc) is 3.10. The van der Waals surface area contributed by atoms with Gasteiger partial charge in [0, 0.05) is 12.1 Å². The van der Waals surface area contributed by atoms with Gasteiger partial charge in [0.2, 0.25) is 0 Å². The molecule has 0 bridgehead atoms. The van der Waals surface area contributed by atoms with Crippen LogP contribution in [0.15, 0.2) is 72.4 Å². The molecule has 0 spiro atoms. The van der Waals surface area contributed by atoms with E-state index in [1.165, 1.54) is 24.1 Å². The maximum atomic E-state index is 12.8. The number of ether oxygens (including phenoxy) is 2. The number of carbonyl (C=O) groups is 2. The molecule has 9 heteroatoms. The van der Waals surface area contributed by atoms with Gasteiger partial charge in [-0.1, -0.05) is 35.9 Å². The second-order valence-corrected chi connectivity index (χ2v) is 7.99. The Hall–Kier alpha value is -4.66. The Kier molecular flexibility index (Phi) is 6.77. The number of non-ortho nitro benzene ring substituents is 1. The smallest absolute Gasteiger partial charge is 0.329 e. The molecular weight excluding hydrogens is 450 g/mol. The van der Waals surface area contributed by atoms with E-state index in [1.54, 1.807) is 36.4 Å². The van der Waals surface area contributed by atoms with Crippen LogP contribution in [0.1, 0.15) is 22.3 Å². The van der Waals surface area contributed by atoms with Crippen LogP contribution in [-0.4, -0.2) is 28.9 Å². The summed E-state index contributed by atoms with van der Waals surface area (Å²) in [6.07, 6.45) is 1.58. The predicted octanol–water partition coefficient (Wildman–Crippen LogP) is 4.58. The number of hydrogen-bond acceptors (Lipinski definition) is 6. The van der Waals surface area contributed by atoms with E-state index in [-0.39, 0.29) is 24.5 Å². The highest BCUT2D eigenvalue weighted by Crippen LogP contribution is 2.30. The van der Waals surface area contributed by atoms with Crippen molar-refractivity contribution in [3.05, 3.63) is 105 Å². The van der Waals surface area contributed by atoms with E-state index in [0.717, 1.165) is 16.7 Å².